The van der Waals surface area contributed by atoms with Gasteiger partial charge in [0.2, 0.25) is 6.29 Å². The van der Waals surface area contributed by atoms with E-state index in [0.717, 1.165) is 15.5 Å². The largest absolute Gasteiger partial charge is 0.507 e. The summed E-state index contributed by atoms with van der Waals surface area (Å²) in [6.07, 6.45) is 1.68. The molecule has 0 saturated heterocycles. The molecule has 2 rings (SSSR count). The van der Waals surface area contributed by atoms with Crippen LogP contribution in [-0.4, -0.2) is 18.5 Å². The zero-order valence-electron chi connectivity index (χ0n) is 9.71. The van der Waals surface area contributed by atoms with E-state index in [-0.39, 0.29) is 11.3 Å². The number of rotatable bonds is 4. The number of methoxy groups -OCH3 is 1. The second-order valence-electron chi connectivity index (χ2n) is 3.56. The van der Waals surface area contributed by atoms with E-state index in [1.807, 2.05) is 24.3 Å². The fraction of sp³-hybridized carbons (Fsp3) is 0.0714. The van der Waals surface area contributed by atoms with Crippen molar-refractivity contribution in [2.24, 2.45) is 0 Å². The number of phenols is 1. The van der Waals surface area contributed by atoms with E-state index in [1.165, 1.54) is 11.8 Å². The van der Waals surface area contributed by atoms with Gasteiger partial charge in [-0.15, -0.1) is 0 Å². The van der Waals surface area contributed by atoms with Gasteiger partial charge in [0, 0.05) is 9.79 Å². The number of benzene rings is 2. The third kappa shape index (κ3) is 2.84. The number of ether oxygens (including phenoxy) is 1. The summed E-state index contributed by atoms with van der Waals surface area (Å²) in [6, 6.07) is 12.5. The third-order valence-electron chi connectivity index (χ3n) is 2.37. The Morgan fingerprint density at radius 1 is 1.11 bits per heavy atom. The number of hydrogen-bond donors (Lipinski definition) is 1. The average Bonchev–Trinajstić information content (AvgIpc) is 2.40. The number of aromatic hydroxyl groups is 1. The lowest BCUT2D eigenvalue weighted by Gasteiger charge is -2.04. The lowest BCUT2D eigenvalue weighted by atomic mass is 10.2. The summed E-state index contributed by atoms with van der Waals surface area (Å²) in [5.41, 5.74) is 0.175. The highest BCUT2D eigenvalue weighted by atomic mass is 32.2. The Morgan fingerprint density at radius 3 is 2.33 bits per heavy atom. The smallest absolute Gasteiger partial charge is 0.237 e. The van der Waals surface area contributed by atoms with Crippen molar-refractivity contribution in [2.45, 2.75) is 9.79 Å². The molecule has 0 aromatic heterocycles. The highest BCUT2D eigenvalue weighted by Gasteiger charge is 2.04. The molecule has 0 saturated carbocycles. The summed E-state index contributed by atoms with van der Waals surface area (Å²) in [7, 11) is 1.62. The third-order valence-corrected chi connectivity index (χ3v) is 3.37. The molecule has 1 radical (unpaired) electrons. The van der Waals surface area contributed by atoms with E-state index in [0.29, 0.717) is 0 Å². The normalized spacial score (nSPS) is 10.1. The molecule has 0 bridgehead atoms. The van der Waals surface area contributed by atoms with Gasteiger partial charge in [0.15, 0.2) is 0 Å². The van der Waals surface area contributed by atoms with E-state index in [4.69, 9.17) is 4.74 Å². The van der Waals surface area contributed by atoms with Gasteiger partial charge in [0.05, 0.1) is 12.7 Å². The Hall–Kier alpha value is -1.94. The fourth-order valence-electron chi connectivity index (χ4n) is 1.44. The van der Waals surface area contributed by atoms with Crippen molar-refractivity contribution in [1.29, 1.82) is 0 Å². The average molecular weight is 259 g/mol. The molecule has 0 atom stereocenters. The van der Waals surface area contributed by atoms with Crippen LogP contribution < -0.4 is 4.74 Å². The van der Waals surface area contributed by atoms with Crippen molar-refractivity contribution in [3.05, 3.63) is 48.0 Å². The maximum absolute atomic E-state index is 10.5. The molecule has 0 unspecified atom stereocenters. The van der Waals surface area contributed by atoms with Crippen molar-refractivity contribution < 1.29 is 14.6 Å². The molecule has 18 heavy (non-hydrogen) atoms. The van der Waals surface area contributed by atoms with Crippen LogP contribution in [0.1, 0.15) is 5.56 Å². The molecule has 0 fully saturated rings. The van der Waals surface area contributed by atoms with Crippen LogP contribution >= 0.6 is 11.8 Å². The summed E-state index contributed by atoms with van der Waals surface area (Å²) in [5, 5.41) is 9.56. The van der Waals surface area contributed by atoms with E-state index < -0.39 is 0 Å². The molecule has 0 heterocycles. The Balaban J connectivity index is 2.17. The van der Waals surface area contributed by atoms with Crippen LogP contribution in [0, 0.1) is 0 Å². The number of carbonyl (C=O) groups excluding carboxylic acids is 1. The molecular formula is C14H11O3S. The van der Waals surface area contributed by atoms with Crippen molar-refractivity contribution in [2.75, 3.05) is 7.11 Å². The van der Waals surface area contributed by atoms with Crippen LogP contribution in [0.25, 0.3) is 0 Å². The first-order chi connectivity index (χ1) is 8.72. The molecule has 0 spiro atoms. The molecule has 0 aliphatic carbocycles. The van der Waals surface area contributed by atoms with Gasteiger partial charge in [-0.05, 0) is 42.5 Å². The molecular weight excluding hydrogens is 248 g/mol. The van der Waals surface area contributed by atoms with Gasteiger partial charge in [0.1, 0.15) is 11.5 Å². The molecule has 0 aliphatic heterocycles. The maximum atomic E-state index is 10.5. The van der Waals surface area contributed by atoms with Crippen molar-refractivity contribution in [3.8, 4) is 11.5 Å². The van der Waals surface area contributed by atoms with E-state index >= 15 is 0 Å². The van der Waals surface area contributed by atoms with E-state index in [9.17, 15) is 9.90 Å². The predicted molar refractivity (Wildman–Crippen MR) is 70.0 cm³/mol. The minimum absolute atomic E-state index is 0.0523. The zero-order chi connectivity index (χ0) is 13.0. The highest BCUT2D eigenvalue weighted by molar-refractivity contribution is 7.99. The highest BCUT2D eigenvalue weighted by Crippen LogP contribution is 2.31. The van der Waals surface area contributed by atoms with Crippen LogP contribution in [0.3, 0.4) is 0 Å². The molecule has 2 aromatic carbocycles. The van der Waals surface area contributed by atoms with Crippen molar-refractivity contribution in [3.63, 3.8) is 0 Å². The summed E-state index contributed by atoms with van der Waals surface area (Å²) in [6.45, 7) is 0. The summed E-state index contributed by atoms with van der Waals surface area (Å²) < 4.78 is 5.08. The molecule has 2 aromatic rings. The van der Waals surface area contributed by atoms with Crippen molar-refractivity contribution in [1.82, 2.24) is 0 Å². The summed E-state index contributed by atoms with van der Waals surface area (Å²) in [4.78, 5) is 12.3. The summed E-state index contributed by atoms with van der Waals surface area (Å²) in [5.74, 6) is 0.747. The first-order valence-corrected chi connectivity index (χ1v) is 6.07. The molecule has 0 aliphatic rings. The molecule has 91 valence electrons. The molecule has 3 nitrogen and oxygen atoms in total. The minimum Gasteiger partial charge on any atom is -0.507 e. The van der Waals surface area contributed by atoms with Gasteiger partial charge in [-0.2, -0.15) is 0 Å². The van der Waals surface area contributed by atoms with Gasteiger partial charge < -0.3 is 9.84 Å². The second kappa shape index (κ2) is 5.60. The van der Waals surface area contributed by atoms with Crippen molar-refractivity contribution >= 4 is 18.0 Å². The predicted octanol–water partition coefficient (Wildman–Crippen LogP) is 3.01. The molecule has 1 N–H and O–H groups in total. The van der Waals surface area contributed by atoms with Gasteiger partial charge >= 0.3 is 0 Å². The topological polar surface area (TPSA) is 46.5 Å². The van der Waals surface area contributed by atoms with Crippen LogP contribution in [0.2, 0.25) is 0 Å². The fourth-order valence-corrected chi connectivity index (χ4v) is 2.29. The zero-order valence-corrected chi connectivity index (χ0v) is 10.5. The van der Waals surface area contributed by atoms with Gasteiger partial charge in [-0.1, -0.05) is 11.8 Å². The Kier molecular flexibility index (Phi) is 3.89. The SMILES string of the molecule is COc1ccc(Sc2ccc([C]=O)c(O)c2)cc1. The van der Waals surface area contributed by atoms with Crippen LogP contribution in [0.15, 0.2) is 52.3 Å². The minimum atomic E-state index is -0.0523. The first kappa shape index (κ1) is 12.5. The van der Waals surface area contributed by atoms with Gasteiger partial charge in [-0.3, -0.25) is 4.79 Å². The number of phenolic OH excluding ortho intramolecular Hbond substituents is 1. The quantitative estimate of drug-likeness (QED) is 0.916. The van der Waals surface area contributed by atoms with Gasteiger partial charge in [0.25, 0.3) is 0 Å². The Labute approximate surface area is 109 Å². The summed E-state index contributed by atoms with van der Waals surface area (Å²) >= 11 is 1.49. The standard InChI is InChI=1S/C14H11O3S/c1-17-11-3-6-12(7-4-11)18-13-5-2-10(9-15)14(16)8-13/h2-8,16H,1H3. The Morgan fingerprint density at radius 2 is 1.78 bits per heavy atom. The number of hydrogen-bond acceptors (Lipinski definition) is 4. The van der Waals surface area contributed by atoms with Gasteiger partial charge in [-0.25, -0.2) is 0 Å². The Bertz CT molecular complexity index is 549. The monoisotopic (exact) mass is 259 g/mol. The molecule has 0 amide bonds. The van der Waals surface area contributed by atoms with Crippen LogP contribution in [0.5, 0.6) is 11.5 Å². The van der Waals surface area contributed by atoms with Crippen LogP contribution in [-0.2, 0) is 4.79 Å². The lowest BCUT2D eigenvalue weighted by molar-refractivity contribution is 0.414. The van der Waals surface area contributed by atoms with Crippen LogP contribution in [0.4, 0.5) is 0 Å². The second-order valence-corrected chi connectivity index (χ2v) is 4.71. The first-order valence-electron chi connectivity index (χ1n) is 5.26. The van der Waals surface area contributed by atoms with E-state index in [2.05, 4.69) is 0 Å². The maximum Gasteiger partial charge on any atom is 0.237 e. The lowest BCUT2D eigenvalue weighted by Crippen LogP contribution is -1.83. The van der Waals surface area contributed by atoms with E-state index in [1.54, 1.807) is 31.6 Å². The molecule has 4 heteroatoms.